The van der Waals surface area contributed by atoms with Gasteiger partial charge in [0.25, 0.3) is 5.91 Å². The topological polar surface area (TPSA) is 83.5 Å². The van der Waals surface area contributed by atoms with Gasteiger partial charge in [0.15, 0.2) is 11.8 Å². The fraction of sp³-hybridized carbons (Fsp3) is 0.0455. The fourth-order valence-corrected chi connectivity index (χ4v) is 3.60. The monoisotopic (exact) mass is 391 g/mol. The van der Waals surface area contributed by atoms with Crippen molar-refractivity contribution in [1.82, 2.24) is 5.32 Å². The average molecular weight is 392 g/mol. The summed E-state index contributed by atoms with van der Waals surface area (Å²) in [4.78, 5) is 37.4. The average Bonchev–Trinajstić information content (AvgIpc) is 2.98. The predicted molar refractivity (Wildman–Crippen MR) is 105 cm³/mol. The summed E-state index contributed by atoms with van der Waals surface area (Å²) in [6, 6.07) is 17.0. The molecule has 0 saturated heterocycles. The van der Waals surface area contributed by atoms with Crippen molar-refractivity contribution in [3.05, 3.63) is 94.0 Å². The van der Waals surface area contributed by atoms with Gasteiger partial charge in [-0.25, -0.2) is 4.79 Å². The molecule has 0 bridgehead atoms. The van der Waals surface area contributed by atoms with Crippen molar-refractivity contribution in [3.63, 3.8) is 0 Å². The quantitative estimate of drug-likeness (QED) is 0.548. The lowest BCUT2D eigenvalue weighted by molar-refractivity contribution is -0.139. The molecule has 3 aromatic carbocycles. The van der Waals surface area contributed by atoms with Crippen LogP contribution in [0.1, 0.15) is 37.9 Å². The molecule has 1 unspecified atom stereocenters. The number of ketones is 1. The first-order valence-corrected chi connectivity index (χ1v) is 8.91. The van der Waals surface area contributed by atoms with E-state index in [2.05, 4.69) is 5.32 Å². The number of carboxylic acids is 1. The molecule has 0 spiro atoms. The van der Waals surface area contributed by atoms with Crippen molar-refractivity contribution in [2.45, 2.75) is 6.04 Å². The van der Waals surface area contributed by atoms with Gasteiger partial charge in [-0.2, -0.15) is 0 Å². The molecule has 0 saturated carbocycles. The van der Waals surface area contributed by atoms with Gasteiger partial charge in [0.05, 0.1) is 0 Å². The third-order valence-corrected chi connectivity index (χ3v) is 4.94. The summed E-state index contributed by atoms with van der Waals surface area (Å²) in [5, 5.41) is 12.6. The van der Waals surface area contributed by atoms with E-state index < -0.39 is 17.9 Å². The zero-order valence-corrected chi connectivity index (χ0v) is 15.2. The maximum absolute atomic E-state index is 13.0. The summed E-state index contributed by atoms with van der Waals surface area (Å²) < 4.78 is 0. The lowest BCUT2D eigenvalue weighted by Gasteiger charge is -2.16. The van der Waals surface area contributed by atoms with E-state index in [4.69, 9.17) is 11.6 Å². The number of fused-ring (bicyclic) bond motifs is 3. The first-order valence-electron chi connectivity index (χ1n) is 8.53. The molecule has 28 heavy (non-hydrogen) atoms. The predicted octanol–water partition coefficient (Wildman–Crippen LogP) is 4.11. The van der Waals surface area contributed by atoms with Crippen LogP contribution in [-0.4, -0.2) is 22.8 Å². The normalized spacial score (nSPS) is 12.8. The molecule has 0 fully saturated rings. The highest BCUT2D eigenvalue weighted by atomic mass is 35.5. The summed E-state index contributed by atoms with van der Waals surface area (Å²) in [5.41, 5.74) is 2.64. The Morgan fingerprint density at radius 3 is 2.36 bits per heavy atom. The number of rotatable bonds is 4. The third-order valence-electron chi connectivity index (χ3n) is 4.70. The van der Waals surface area contributed by atoms with E-state index in [0.29, 0.717) is 32.8 Å². The molecule has 2 N–H and O–H groups in total. The molecular formula is C22H14ClNO4. The molecule has 138 valence electrons. The number of benzene rings is 3. The van der Waals surface area contributed by atoms with Crippen LogP contribution >= 0.6 is 11.6 Å². The number of carbonyl (C=O) groups excluding carboxylic acids is 2. The lowest BCUT2D eigenvalue weighted by Crippen LogP contribution is -2.34. The molecular weight excluding hydrogens is 378 g/mol. The van der Waals surface area contributed by atoms with Crippen molar-refractivity contribution in [2.75, 3.05) is 0 Å². The fourth-order valence-electron chi connectivity index (χ4n) is 3.43. The number of aliphatic carboxylic acids is 1. The van der Waals surface area contributed by atoms with Crippen LogP contribution < -0.4 is 5.32 Å². The molecule has 0 radical (unpaired) electrons. The molecule has 0 aliphatic heterocycles. The number of carbonyl (C=O) groups is 3. The number of halogens is 1. The maximum atomic E-state index is 13.0. The maximum Gasteiger partial charge on any atom is 0.330 e. The van der Waals surface area contributed by atoms with Crippen LogP contribution in [0.15, 0.2) is 66.7 Å². The summed E-state index contributed by atoms with van der Waals surface area (Å²) in [6.07, 6.45) is 0. The van der Waals surface area contributed by atoms with Gasteiger partial charge in [0, 0.05) is 27.3 Å². The second kappa shape index (κ2) is 6.94. The second-order valence-electron chi connectivity index (χ2n) is 6.40. The van der Waals surface area contributed by atoms with Gasteiger partial charge in [0.2, 0.25) is 0 Å². The smallest absolute Gasteiger partial charge is 0.330 e. The van der Waals surface area contributed by atoms with E-state index in [1.807, 2.05) is 0 Å². The van der Waals surface area contributed by atoms with E-state index in [0.717, 1.165) is 0 Å². The first kappa shape index (κ1) is 17.9. The van der Waals surface area contributed by atoms with Crippen molar-refractivity contribution < 1.29 is 19.5 Å². The minimum absolute atomic E-state index is 0.208. The highest BCUT2D eigenvalue weighted by molar-refractivity contribution is 6.32. The number of amides is 1. The molecule has 5 nitrogen and oxygen atoms in total. The zero-order chi connectivity index (χ0) is 19.8. The van der Waals surface area contributed by atoms with Crippen molar-refractivity contribution >= 4 is 29.3 Å². The van der Waals surface area contributed by atoms with Gasteiger partial charge in [-0.15, -0.1) is 0 Å². The van der Waals surface area contributed by atoms with Crippen LogP contribution in [0, 0.1) is 0 Å². The minimum Gasteiger partial charge on any atom is -0.479 e. The molecule has 1 amide bonds. The van der Waals surface area contributed by atoms with Crippen molar-refractivity contribution in [2.24, 2.45) is 0 Å². The summed E-state index contributed by atoms with van der Waals surface area (Å²) in [6.45, 7) is 0. The molecule has 3 aromatic rings. The van der Waals surface area contributed by atoms with Crippen LogP contribution in [0.25, 0.3) is 11.1 Å². The molecule has 0 aromatic heterocycles. The van der Waals surface area contributed by atoms with Crippen molar-refractivity contribution in [3.8, 4) is 11.1 Å². The van der Waals surface area contributed by atoms with Gasteiger partial charge >= 0.3 is 5.97 Å². The molecule has 4 rings (SSSR count). The highest BCUT2D eigenvalue weighted by Crippen LogP contribution is 2.40. The Morgan fingerprint density at radius 2 is 1.64 bits per heavy atom. The number of carboxylic acid groups (broad SMARTS) is 1. The van der Waals surface area contributed by atoms with Gasteiger partial charge in [-0.3, -0.25) is 9.59 Å². The van der Waals surface area contributed by atoms with Crippen LogP contribution in [0.5, 0.6) is 0 Å². The molecule has 1 atom stereocenters. The zero-order valence-electron chi connectivity index (χ0n) is 14.5. The van der Waals surface area contributed by atoms with Gasteiger partial charge < -0.3 is 10.4 Å². The Balaban J connectivity index is 1.76. The van der Waals surface area contributed by atoms with Gasteiger partial charge in [0.1, 0.15) is 0 Å². The highest BCUT2D eigenvalue weighted by Gasteiger charge is 2.32. The van der Waals surface area contributed by atoms with E-state index in [1.165, 1.54) is 0 Å². The van der Waals surface area contributed by atoms with E-state index in [-0.39, 0.29) is 11.3 Å². The molecule has 0 heterocycles. The van der Waals surface area contributed by atoms with E-state index >= 15 is 0 Å². The van der Waals surface area contributed by atoms with Crippen LogP contribution in [0.3, 0.4) is 0 Å². The Morgan fingerprint density at radius 1 is 0.893 bits per heavy atom. The molecule has 1 aliphatic carbocycles. The van der Waals surface area contributed by atoms with Gasteiger partial charge in [-0.1, -0.05) is 60.1 Å². The van der Waals surface area contributed by atoms with E-state index in [1.54, 1.807) is 66.7 Å². The minimum atomic E-state index is -1.20. The third kappa shape index (κ3) is 2.96. The SMILES string of the molecule is O=C(NC(C(=O)O)c1ccccc1)c1cccc2c1-c1ccc(Cl)cc1C2=O. The largest absolute Gasteiger partial charge is 0.479 e. The summed E-state index contributed by atoms with van der Waals surface area (Å²) in [5.74, 6) is -1.95. The van der Waals surface area contributed by atoms with Crippen molar-refractivity contribution in [1.29, 1.82) is 0 Å². The molecule has 6 heteroatoms. The Hall–Kier alpha value is -3.44. The Bertz CT molecular complexity index is 1120. The van der Waals surface area contributed by atoms with Crippen LogP contribution in [-0.2, 0) is 4.79 Å². The van der Waals surface area contributed by atoms with Gasteiger partial charge in [-0.05, 0) is 29.3 Å². The van der Waals surface area contributed by atoms with Crippen LogP contribution in [0.4, 0.5) is 0 Å². The van der Waals surface area contributed by atoms with Crippen LogP contribution in [0.2, 0.25) is 5.02 Å². The number of hydrogen-bond donors (Lipinski definition) is 2. The summed E-state index contributed by atoms with van der Waals surface area (Å²) >= 11 is 6.01. The summed E-state index contributed by atoms with van der Waals surface area (Å²) in [7, 11) is 0. The lowest BCUT2D eigenvalue weighted by atomic mass is 9.98. The standard InChI is InChI=1S/C22H14ClNO4/c23-13-9-10-14-17(11-13)20(25)15-7-4-8-16(18(14)15)21(26)24-19(22(27)28)12-5-2-1-3-6-12/h1-11,19H,(H,24,26)(H,27,28). The molecule has 1 aliphatic rings. The number of hydrogen-bond acceptors (Lipinski definition) is 3. The van der Waals surface area contributed by atoms with E-state index in [9.17, 15) is 19.5 Å². The Labute approximate surface area is 165 Å². The second-order valence-corrected chi connectivity index (χ2v) is 6.84. The number of nitrogens with one attached hydrogen (secondary N) is 1. The Kier molecular flexibility index (Phi) is 4.45. The first-order chi connectivity index (χ1) is 13.5.